The van der Waals surface area contributed by atoms with Crippen molar-refractivity contribution in [2.45, 2.75) is 20.4 Å². The lowest BCUT2D eigenvalue weighted by atomic mass is 10.2. The average Bonchev–Trinajstić information content (AvgIpc) is 2.42. The van der Waals surface area contributed by atoms with E-state index in [1.54, 1.807) is 0 Å². The molecule has 0 aliphatic rings. The topological polar surface area (TPSA) is 21.3 Å². The molecule has 4 heteroatoms. The lowest BCUT2D eigenvalue weighted by molar-refractivity contribution is 0.482. The molecule has 2 nitrogen and oxygen atoms in total. The first kappa shape index (κ1) is 15.2. The molecule has 0 aliphatic heterocycles. The van der Waals surface area contributed by atoms with E-state index < -0.39 is 0 Å². The lowest BCUT2D eigenvalue weighted by Gasteiger charge is -2.10. The minimum atomic E-state index is 0.703. The molecule has 2 aromatic carbocycles. The standard InChI is InChI=1S/C16H17Cl2NO/c1-3-19-10-12-4-5-14(9-16(12)18)20-13-6-7-15(17)11(2)8-13/h4-9,19H,3,10H2,1-2H3. The van der Waals surface area contributed by atoms with Crippen molar-refractivity contribution in [3.63, 3.8) is 0 Å². The predicted octanol–water partition coefficient (Wildman–Crippen LogP) is 5.20. The molecular weight excluding hydrogens is 293 g/mol. The van der Waals surface area contributed by atoms with Crippen molar-refractivity contribution < 1.29 is 4.74 Å². The average molecular weight is 310 g/mol. The summed E-state index contributed by atoms with van der Waals surface area (Å²) in [6.45, 7) is 5.68. The highest BCUT2D eigenvalue weighted by molar-refractivity contribution is 6.31. The van der Waals surface area contributed by atoms with E-state index in [0.717, 1.165) is 40.7 Å². The van der Waals surface area contributed by atoms with Gasteiger partial charge in [0.25, 0.3) is 0 Å². The van der Waals surface area contributed by atoms with E-state index in [4.69, 9.17) is 27.9 Å². The fraction of sp³-hybridized carbons (Fsp3) is 0.250. The third-order valence-corrected chi connectivity index (χ3v) is 3.73. The Hall–Kier alpha value is -1.22. The molecule has 0 fully saturated rings. The van der Waals surface area contributed by atoms with Crippen LogP contribution in [-0.2, 0) is 6.54 Å². The molecule has 20 heavy (non-hydrogen) atoms. The van der Waals surface area contributed by atoms with Crippen molar-refractivity contribution in [2.24, 2.45) is 0 Å². The number of halogens is 2. The fourth-order valence-corrected chi connectivity index (χ4v) is 2.17. The zero-order valence-electron chi connectivity index (χ0n) is 11.5. The molecule has 0 bridgehead atoms. The Kier molecular flexibility index (Phi) is 5.30. The summed E-state index contributed by atoms with van der Waals surface area (Å²) in [6.07, 6.45) is 0. The van der Waals surface area contributed by atoms with Crippen molar-refractivity contribution >= 4 is 23.2 Å². The largest absolute Gasteiger partial charge is 0.457 e. The quantitative estimate of drug-likeness (QED) is 0.819. The van der Waals surface area contributed by atoms with E-state index in [9.17, 15) is 0 Å². The van der Waals surface area contributed by atoms with Crippen LogP contribution in [0.5, 0.6) is 11.5 Å². The van der Waals surface area contributed by atoms with Gasteiger partial charge >= 0.3 is 0 Å². The van der Waals surface area contributed by atoms with Gasteiger partial charge in [-0.1, -0.05) is 36.2 Å². The minimum Gasteiger partial charge on any atom is -0.457 e. The maximum atomic E-state index is 6.25. The minimum absolute atomic E-state index is 0.703. The number of nitrogens with one attached hydrogen (secondary N) is 1. The van der Waals surface area contributed by atoms with Gasteiger partial charge < -0.3 is 10.1 Å². The monoisotopic (exact) mass is 309 g/mol. The number of aryl methyl sites for hydroxylation is 1. The lowest BCUT2D eigenvalue weighted by Crippen LogP contribution is -2.11. The van der Waals surface area contributed by atoms with Crippen molar-refractivity contribution in [1.82, 2.24) is 5.32 Å². The third kappa shape index (κ3) is 3.89. The zero-order valence-corrected chi connectivity index (χ0v) is 13.1. The Morgan fingerprint density at radius 3 is 2.35 bits per heavy atom. The van der Waals surface area contributed by atoms with E-state index >= 15 is 0 Å². The van der Waals surface area contributed by atoms with Gasteiger partial charge in [0.2, 0.25) is 0 Å². The van der Waals surface area contributed by atoms with Crippen LogP contribution in [0.2, 0.25) is 10.0 Å². The fourth-order valence-electron chi connectivity index (χ4n) is 1.81. The molecule has 2 aromatic rings. The van der Waals surface area contributed by atoms with Crippen LogP contribution in [0.3, 0.4) is 0 Å². The van der Waals surface area contributed by atoms with Crippen LogP contribution in [0.1, 0.15) is 18.1 Å². The second kappa shape index (κ2) is 6.98. The summed E-state index contributed by atoms with van der Waals surface area (Å²) in [6, 6.07) is 11.3. The Morgan fingerprint density at radius 1 is 1.00 bits per heavy atom. The van der Waals surface area contributed by atoms with E-state index in [-0.39, 0.29) is 0 Å². The summed E-state index contributed by atoms with van der Waals surface area (Å²) in [5.74, 6) is 1.47. The van der Waals surface area contributed by atoms with Gasteiger partial charge in [0.15, 0.2) is 0 Å². The maximum absolute atomic E-state index is 6.25. The van der Waals surface area contributed by atoms with Crippen LogP contribution < -0.4 is 10.1 Å². The van der Waals surface area contributed by atoms with Crippen molar-refractivity contribution in [3.8, 4) is 11.5 Å². The molecule has 0 unspecified atom stereocenters. The maximum Gasteiger partial charge on any atom is 0.128 e. The summed E-state index contributed by atoms with van der Waals surface area (Å²) >= 11 is 12.2. The van der Waals surface area contributed by atoms with Gasteiger partial charge in [0, 0.05) is 16.6 Å². The van der Waals surface area contributed by atoms with Gasteiger partial charge in [-0.2, -0.15) is 0 Å². The first-order valence-corrected chi connectivity index (χ1v) is 7.29. The Morgan fingerprint density at radius 2 is 1.70 bits per heavy atom. The molecule has 0 aromatic heterocycles. The van der Waals surface area contributed by atoms with Crippen LogP contribution in [0.4, 0.5) is 0 Å². The second-order valence-corrected chi connectivity index (χ2v) is 5.36. The van der Waals surface area contributed by atoms with Gasteiger partial charge in [0.1, 0.15) is 11.5 Å². The van der Waals surface area contributed by atoms with Crippen molar-refractivity contribution in [3.05, 3.63) is 57.6 Å². The second-order valence-electron chi connectivity index (χ2n) is 4.55. The molecule has 0 saturated carbocycles. The smallest absolute Gasteiger partial charge is 0.128 e. The van der Waals surface area contributed by atoms with E-state index in [1.165, 1.54) is 0 Å². The SMILES string of the molecule is CCNCc1ccc(Oc2ccc(Cl)c(C)c2)cc1Cl. The van der Waals surface area contributed by atoms with Crippen LogP contribution in [0.15, 0.2) is 36.4 Å². The summed E-state index contributed by atoms with van der Waals surface area (Å²) in [4.78, 5) is 0. The summed E-state index contributed by atoms with van der Waals surface area (Å²) in [5.41, 5.74) is 2.05. The van der Waals surface area contributed by atoms with E-state index in [2.05, 4.69) is 12.2 Å². The summed E-state index contributed by atoms with van der Waals surface area (Å²) in [7, 11) is 0. The number of hydrogen-bond acceptors (Lipinski definition) is 2. The van der Waals surface area contributed by atoms with Crippen LogP contribution >= 0.6 is 23.2 Å². The van der Waals surface area contributed by atoms with Gasteiger partial charge in [-0.3, -0.25) is 0 Å². The predicted molar refractivity (Wildman–Crippen MR) is 85.1 cm³/mol. The first-order valence-electron chi connectivity index (χ1n) is 6.53. The third-order valence-electron chi connectivity index (χ3n) is 2.96. The van der Waals surface area contributed by atoms with Crippen LogP contribution in [0.25, 0.3) is 0 Å². The molecule has 0 aliphatic carbocycles. The zero-order chi connectivity index (χ0) is 14.5. The highest BCUT2D eigenvalue weighted by Gasteiger charge is 2.04. The Bertz CT molecular complexity index is 599. The molecule has 2 rings (SSSR count). The summed E-state index contributed by atoms with van der Waals surface area (Å²) < 4.78 is 5.79. The molecule has 0 radical (unpaired) electrons. The van der Waals surface area contributed by atoms with Gasteiger partial charge in [-0.15, -0.1) is 0 Å². The highest BCUT2D eigenvalue weighted by atomic mass is 35.5. The number of rotatable bonds is 5. The molecule has 0 saturated heterocycles. The van der Waals surface area contributed by atoms with E-state index in [1.807, 2.05) is 43.3 Å². The molecular formula is C16H17Cl2NO. The molecule has 0 spiro atoms. The first-order chi connectivity index (χ1) is 9.60. The van der Waals surface area contributed by atoms with Crippen molar-refractivity contribution in [2.75, 3.05) is 6.54 Å². The summed E-state index contributed by atoms with van der Waals surface area (Å²) in [5, 5.41) is 4.68. The van der Waals surface area contributed by atoms with Gasteiger partial charge in [0.05, 0.1) is 0 Å². The highest BCUT2D eigenvalue weighted by Crippen LogP contribution is 2.29. The molecule has 106 valence electrons. The van der Waals surface area contributed by atoms with Crippen LogP contribution in [0, 0.1) is 6.92 Å². The number of hydrogen-bond donors (Lipinski definition) is 1. The van der Waals surface area contributed by atoms with Gasteiger partial charge in [-0.25, -0.2) is 0 Å². The van der Waals surface area contributed by atoms with E-state index in [0.29, 0.717) is 5.02 Å². The molecule has 0 amide bonds. The van der Waals surface area contributed by atoms with Gasteiger partial charge in [-0.05, 0) is 54.9 Å². The number of benzene rings is 2. The molecule has 0 heterocycles. The number of ether oxygens (including phenoxy) is 1. The van der Waals surface area contributed by atoms with Crippen LogP contribution in [-0.4, -0.2) is 6.54 Å². The normalized spacial score (nSPS) is 10.6. The Labute approximate surface area is 129 Å². The Balaban J connectivity index is 2.13. The molecule has 1 N–H and O–H groups in total. The van der Waals surface area contributed by atoms with Crippen molar-refractivity contribution in [1.29, 1.82) is 0 Å². The molecule has 0 atom stereocenters.